The molecule has 5 N–H and O–H groups in total. The molecule has 0 unspecified atom stereocenters. The molecule has 9 heteroatoms. The Morgan fingerprint density at radius 2 is 2.13 bits per heavy atom. The Morgan fingerprint density at radius 1 is 1.29 bits per heavy atom. The first-order valence-corrected chi connectivity index (χ1v) is 10.6. The van der Waals surface area contributed by atoms with Gasteiger partial charge in [0.15, 0.2) is 0 Å². The van der Waals surface area contributed by atoms with Crippen molar-refractivity contribution in [2.75, 3.05) is 23.3 Å². The topological polar surface area (TPSA) is 130 Å². The molecule has 5 rings (SSSR count). The van der Waals surface area contributed by atoms with E-state index in [1.165, 1.54) is 0 Å². The number of carbonyl (C=O) groups excluding carboxylic acids is 1. The van der Waals surface area contributed by atoms with Gasteiger partial charge in [-0.15, -0.1) is 0 Å². The minimum Gasteiger partial charge on any atom is -0.442 e. The number of hydrogen-bond acceptors (Lipinski definition) is 8. The third kappa shape index (κ3) is 3.87. The number of anilines is 2. The molecule has 4 heterocycles. The molecule has 0 spiro atoms. The van der Waals surface area contributed by atoms with Crippen LogP contribution >= 0.6 is 0 Å². The average molecular weight is 422 g/mol. The van der Waals surface area contributed by atoms with Crippen LogP contribution in [0.1, 0.15) is 41.9 Å². The van der Waals surface area contributed by atoms with Crippen LogP contribution in [-0.2, 0) is 0 Å². The summed E-state index contributed by atoms with van der Waals surface area (Å²) in [5.41, 5.74) is 4.84. The van der Waals surface area contributed by atoms with Crippen molar-refractivity contribution in [2.45, 2.75) is 37.8 Å². The van der Waals surface area contributed by atoms with Crippen LogP contribution in [0.15, 0.2) is 41.1 Å². The lowest BCUT2D eigenvalue weighted by molar-refractivity contribution is 0.0643. The van der Waals surface area contributed by atoms with E-state index in [0.717, 1.165) is 29.7 Å². The first-order valence-electron chi connectivity index (χ1n) is 10.6. The highest BCUT2D eigenvalue weighted by Gasteiger charge is 2.33. The Balaban J connectivity index is 1.38. The molecule has 0 aromatic carbocycles. The number of rotatable bonds is 5. The smallest absolute Gasteiger partial charge is 0.274 e. The molecular weight excluding hydrogens is 396 g/mol. The quantitative estimate of drug-likeness (QED) is 0.363. The van der Waals surface area contributed by atoms with Crippen molar-refractivity contribution in [1.29, 1.82) is 0 Å². The molecule has 9 nitrogen and oxygen atoms in total. The lowest BCUT2D eigenvalue weighted by atomic mass is 9.92. The third-order valence-electron chi connectivity index (χ3n) is 6.14. The zero-order valence-electron chi connectivity index (χ0n) is 17.3. The molecule has 31 heavy (non-hydrogen) atoms. The largest absolute Gasteiger partial charge is 0.442 e. The van der Waals surface area contributed by atoms with Crippen molar-refractivity contribution in [3.05, 3.63) is 48.1 Å². The van der Waals surface area contributed by atoms with Gasteiger partial charge in [0, 0.05) is 36.5 Å². The van der Waals surface area contributed by atoms with E-state index >= 15 is 0 Å². The minimum absolute atomic E-state index is 0.00945. The SMILES string of the molecule is C[C@H]1CN(c2ccncc2NC(=O)c2ccc3cc(C4CC4)oc3n2)C[C@@H](NN)[C@@H]1O. The number of nitrogens with two attached hydrogens (primary N) is 1. The van der Waals surface area contributed by atoms with Crippen LogP contribution in [0.2, 0.25) is 0 Å². The second kappa shape index (κ2) is 7.92. The molecule has 2 fully saturated rings. The van der Waals surface area contributed by atoms with E-state index in [2.05, 4.69) is 25.6 Å². The van der Waals surface area contributed by atoms with Gasteiger partial charge < -0.3 is 19.7 Å². The van der Waals surface area contributed by atoms with Crippen molar-refractivity contribution in [2.24, 2.45) is 11.8 Å². The van der Waals surface area contributed by atoms with Crippen LogP contribution in [-0.4, -0.2) is 46.2 Å². The van der Waals surface area contributed by atoms with Gasteiger partial charge in [0.05, 0.1) is 29.7 Å². The summed E-state index contributed by atoms with van der Waals surface area (Å²) < 4.78 is 5.84. The molecule has 0 radical (unpaired) electrons. The van der Waals surface area contributed by atoms with Gasteiger partial charge in [-0.3, -0.25) is 21.0 Å². The summed E-state index contributed by atoms with van der Waals surface area (Å²) in [7, 11) is 0. The number of amides is 1. The number of hydrogen-bond donors (Lipinski definition) is 4. The molecule has 3 atom stereocenters. The van der Waals surface area contributed by atoms with Crippen molar-refractivity contribution >= 4 is 28.4 Å². The molecule has 1 aliphatic heterocycles. The van der Waals surface area contributed by atoms with E-state index in [-0.39, 0.29) is 23.6 Å². The Labute approximate surface area is 179 Å². The minimum atomic E-state index is -0.536. The number of piperidine rings is 1. The van der Waals surface area contributed by atoms with E-state index in [1.54, 1.807) is 18.5 Å². The summed E-state index contributed by atoms with van der Waals surface area (Å²) in [6.07, 6.45) is 5.04. The molecule has 162 valence electrons. The van der Waals surface area contributed by atoms with Crippen molar-refractivity contribution in [3.63, 3.8) is 0 Å². The van der Waals surface area contributed by atoms with E-state index in [0.29, 0.717) is 30.4 Å². The van der Waals surface area contributed by atoms with Crippen LogP contribution < -0.4 is 21.5 Å². The van der Waals surface area contributed by atoms with E-state index in [9.17, 15) is 9.90 Å². The van der Waals surface area contributed by atoms with Gasteiger partial charge in [-0.2, -0.15) is 0 Å². The number of aliphatic hydroxyl groups is 1. The lowest BCUT2D eigenvalue weighted by Crippen LogP contribution is -2.59. The Kier molecular flexibility index (Phi) is 5.09. The molecule has 1 saturated heterocycles. The maximum Gasteiger partial charge on any atom is 0.274 e. The number of hydrazine groups is 1. The van der Waals surface area contributed by atoms with Gasteiger partial charge in [-0.1, -0.05) is 6.92 Å². The predicted octanol–water partition coefficient (Wildman–Crippen LogP) is 2.00. The zero-order chi connectivity index (χ0) is 21.5. The Hall–Kier alpha value is -3.01. The third-order valence-corrected chi connectivity index (χ3v) is 6.14. The normalized spacial score (nSPS) is 23.8. The highest BCUT2D eigenvalue weighted by molar-refractivity contribution is 6.05. The standard InChI is InChI=1S/C22H26N6O3/c1-12-10-28(11-17(27-23)20(12)29)18-6-7-24-9-16(18)25-21(30)15-5-4-14-8-19(13-2-3-13)31-22(14)26-15/h4-9,12-13,17,20,27,29H,2-3,10-11,23H2,1H3,(H,25,30)/t12-,17+,20+/m0/s1. The molecular formula is C22H26N6O3. The van der Waals surface area contributed by atoms with Gasteiger partial charge in [-0.25, -0.2) is 4.98 Å². The lowest BCUT2D eigenvalue weighted by Gasteiger charge is -2.41. The summed E-state index contributed by atoms with van der Waals surface area (Å²) in [6, 6.07) is 7.15. The maximum absolute atomic E-state index is 12.9. The van der Waals surface area contributed by atoms with E-state index < -0.39 is 6.10 Å². The monoisotopic (exact) mass is 422 g/mol. The van der Waals surface area contributed by atoms with Gasteiger partial charge in [0.2, 0.25) is 5.71 Å². The van der Waals surface area contributed by atoms with E-state index in [1.807, 2.05) is 25.1 Å². The van der Waals surface area contributed by atoms with Crippen LogP contribution in [0.4, 0.5) is 11.4 Å². The first kappa shape index (κ1) is 19.9. The number of aliphatic hydroxyl groups excluding tert-OH is 1. The maximum atomic E-state index is 12.9. The summed E-state index contributed by atoms with van der Waals surface area (Å²) in [5.74, 6) is 6.73. The van der Waals surface area contributed by atoms with Crippen molar-refractivity contribution < 1.29 is 14.3 Å². The Morgan fingerprint density at radius 3 is 2.90 bits per heavy atom. The first-order chi connectivity index (χ1) is 15.0. The summed E-state index contributed by atoms with van der Waals surface area (Å²) >= 11 is 0. The van der Waals surface area contributed by atoms with Gasteiger partial charge in [0.25, 0.3) is 5.91 Å². The molecule has 3 aromatic heterocycles. The molecule has 1 amide bonds. The number of aromatic nitrogens is 2. The van der Waals surface area contributed by atoms with Gasteiger partial charge in [-0.05, 0) is 37.1 Å². The van der Waals surface area contributed by atoms with Crippen LogP contribution in [0.3, 0.4) is 0 Å². The van der Waals surface area contributed by atoms with Gasteiger partial charge in [0.1, 0.15) is 11.5 Å². The highest BCUT2D eigenvalue weighted by atomic mass is 16.3. The fraction of sp³-hybridized carbons (Fsp3) is 0.409. The van der Waals surface area contributed by atoms with Gasteiger partial charge >= 0.3 is 0 Å². The van der Waals surface area contributed by atoms with Crippen LogP contribution in [0, 0.1) is 5.92 Å². The number of pyridine rings is 2. The van der Waals surface area contributed by atoms with Crippen LogP contribution in [0.5, 0.6) is 0 Å². The van der Waals surface area contributed by atoms with E-state index in [4.69, 9.17) is 10.3 Å². The fourth-order valence-corrected chi connectivity index (χ4v) is 4.20. The molecule has 3 aromatic rings. The van der Waals surface area contributed by atoms with Crippen molar-refractivity contribution in [3.8, 4) is 0 Å². The molecule has 0 bridgehead atoms. The predicted molar refractivity (Wildman–Crippen MR) is 117 cm³/mol. The number of fused-ring (bicyclic) bond motifs is 1. The summed E-state index contributed by atoms with van der Waals surface area (Å²) in [6.45, 7) is 3.11. The molecule has 2 aliphatic rings. The fourth-order valence-electron chi connectivity index (χ4n) is 4.20. The second-order valence-electron chi connectivity index (χ2n) is 8.51. The Bertz CT molecular complexity index is 1110. The zero-order valence-corrected chi connectivity index (χ0v) is 17.3. The number of furan rings is 1. The number of nitrogens with one attached hydrogen (secondary N) is 2. The molecule has 1 aliphatic carbocycles. The number of carbonyl (C=O) groups is 1. The number of nitrogens with zero attached hydrogens (tertiary/aromatic N) is 3. The summed E-state index contributed by atoms with van der Waals surface area (Å²) in [4.78, 5) is 23.6. The average Bonchev–Trinajstić information content (AvgIpc) is 3.54. The second-order valence-corrected chi connectivity index (χ2v) is 8.51. The molecule has 1 saturated carbocycles. The van der Waals surface area contributed by atoms with Crippen molar-refractivity contribution in [1.82, 2.24) is 15.4 Å². The highest BCUT2D eigenvalue weighted by Crippen LogP contribution is 2.42. The summed E-state index contributed by atoms with van der Waals surface area (Å²) in [5, 5.41) is 14.2. The van der Waals surface area contributed by atoms with Crippen LogP contribution in [0.25, 0.3) is 11.1 Å².